The van der Waals surface area contributed by atoms with Crippen molar-refractivity contribution in [3.8, 4) is 0 Å². The summed E-state index contributed by atoms with van der Waals surface area (Å²) in [5.74, 6) is -0.899. The van der Waals surface area contributed by atoms with Crippen molar-refractivity contribution in [3.05, 3.63) is 23.5 Å². The van der Waals surface area contributed by atoms with Crippen LogP contribution >= 0.6 is 0 Å². The van der Waals surface area contributed by atoms with Gasteiger partial charge in [0.2, 0.25) is 0 Å². The minimum atomic E-state index is -4.57. The fraction of sp³-hybridized carbons (Fsp3) is 0.500. The van der Waals surface area contributed by atoms with E-state index in [1.807, 2.05) is 0 Å². The Labute approximate surface area is 102 Å². The SMILES string of the molecule is Nc1cc(C(F)(F)F)cc(F)c1N1CCCCC1. The zero-order chi connectivity index (χ0) is 13.3. The van der Waals surface area contributed by atoms with Crippen LogP contribution in [0.1, 0.15) is 24.8 Å². The normalized spacial score (nSPS) is 17.0. The van der Waals surface area contributed by atoms with Crippen LogP contribution in [0, 0.1) is 5.82 Å². The third-order valence-corrected chi connectivity index (χ3v) is 3.09. The monoisotopic (exact) mass is 262 g/mol. The van der Waals surface area contributed by atoms with Crippen molar-refractivity contribution in [2.45, 2.75) is 25.4 Å². The first-order chi connectivity index (χ1) is 8.39. The quantitative estimate of drug-likeness (QED) is 0.620. The molecule has 0 atom stereocenters. The molecule has 100 valence electrons. The maximum atomic E-state index is 13.8. The van der Waals surface area contributed by atoms with Gasteiger partial charge in [0.15, 0.2) is 0 Å². The predicted octanol–water partition coefficient (Wildman–Crippen LogP) is 3.42. The average molecular weight is 262 g/mol. The molecule has 1 aliphatic rings. The summed E-state index contributed by atoms with van der Waals surface area (Å²) in [5.41, 5.74) is 4.48. The summed E-state index contributed by atoms with van der Waals surface area (Å²) in [4.78, 5) is 1.72. The number of halogens is 4. The summed E-state index contributed by atoms with van der Waals surface area (Å²) in [6.45, 7) is 1.26. The number of nitrogens with two attached hydrogens (primary N) is 1. The topological polar surface area (TPSA) is 29.3 Å². The Morgan fingerprint density at radius 1 is 1.06 bits per heavy atom. The second-order valence-electron chi connectivity index (χ2n) is 4.44. The van der Waals surface area contributed by atoms with E-state index in [0.717, 1.165) is 25.3 Å². The molecule has 0 amide bonds. The number of alkyl halides is 3. The lowest BCUT2D eigenvalue weighted by Gasteiger charge is -2.30. The van der Waals surface area contributed by atoms with Gasteiger partial charge in [0.25, 0.3) is 0 Å². The Morgan fingerprint density at radius 2 is 1.67 bits per heavy atom. The molecular formula is C12H14F4N2. The van der Waals surface area contributed by atoms with Crippen molar-refractivity contribution < 1.29 is 17.6 Å². The largest absolute Gasteiger partial charge is 0.416 e. The lowest BCUT2D eigenvalue weighted by molar-refractivity contribution is -0.137. The first-order valence-electron chi connectivity index (χ1n) is 5.81. The van der Waals surface area contributed by atoms with Crippen molar-refractivity contribution in [2.75, 3.05) is 23.7 Å². The molecule has 2 rings (SSSR count). The third kappa shape index (κ3) is 2.52. The van der Waals surface area contributed by atoms with E-state index in [9.17, 15) is 17.6 Å². The minimum Gasteiger partial charge on any atom is -0.397 e. The Bertz CT molecular complexity index is 413. The van der Waals surface area contributed by atoms with Crippen molar-refractivity contribution >= 4 is 11.4 Å². The van der Waals surface area contributed by atoms with E-state index in [4.69, 9.17) is 5.73 Å². The van der Waals surface area contributed by atoms with Gasteiger partial charge >= 0.3 is 6.18 Å². The first kappa shape index (κ1) is 13.0. The Kier molecular flexibility index (Phi) is 3.36. The molecule has 0 spiro atoms. The number of rotatable bonds is 1. The molecule has 1 fully saturated rings. The number of piperidine rings is 1. The van der Waals surface area contributed by atoms with Gasteiger partial charge in [0.05, 0.1) is 16.9 Å². The standard InChI is InChI=1S/C12H14F4N2/c13-9-6-8(12(14,15)16)7-10(17)11(9)18-4-2-1-3-5-18/h6-7H,1-5,17H2. The zero-order valence-electron chi connectivity index (χ0n) is 9.73. The van der Waals surface area contributed by atoms with Gasteiger partial charge in [0, 0.05) is 13.1 Å². The van der Waals surface area contributed by atoms with E-state index in [0.29, 0.717) is 19.2 Å². The predicted molar refractivity (Wildman–Crippen MR) is 61.9 cm³/mol. The van der Waals surface area contributed by atoms with Gasteiger partial charge in [-0.3, -0.25) is 0 Å². The molecule has 18 heavy (non-hydrogen) atoms. The Hall–Kier alpha value is -1.46. The smallest absolute Gasteiger partial charge is 0.397 e. The summed E-state index contributed by atoms with van der Waals surface area (Å²) < 4.78 is 51.3. The van der Waals surface area contributed by atoms with E-state index >= 15 is 0 Å². The highest BCUT2D eigenvalue weighted by Crippen LogP contribution is 2.36. The molecule has 1 heterocycles. The molecule has 6 heteroatoms. The lowest BCUT2D eigenvalue weighted by Crippen LogP contribution is -2.31. The van der Waals surface area contributed by atoms with Gasteiger partial charge in [-0.15, -0.1) is 0 Å². The fourth-order valence-electron chi connectivity index (χ4n) is 2.24. The van der Waals surface area contributed by atoms with Gasteiger partial charge in [-0.25, -0.2) is 4.39 Å². The Balaban J connectivity index is 2.37. The molecular weight excluding hydrogens is 248 g/mol. The molecule has 0 unspecified atom stereocenters. The van der Waals surface area contributed by atoms with E-state index in [1.165, 1.54) is 0 Å². The molecule has 2 nitrogen and oxygen atoms in total. The number of nitrogen functional groups attached to an aromatic ring is 1. The zero-order valence-corrected chi connectivity index (χ0v) is 9.73. The van der Waals surface area contributed by atoms with E-state index in [-0.39, 0.29) is 11.4 Å². The Morgan fingerprint density at radius 3 is 2.17 bits per heavy atom. The van der Waals surface area contributed by atoms with Gasteiger partial charge < -0.3 is 10.6 Å². The van der Waals surface area contributed by atoms with Gasteiger partial charge in [0.1, 0.15) is 5.82 Å². The van der Waals surface area contributed by atoms with E-state index in [2.05, 4.69) is 0 Å². The molecule has 1 saturated heterocycles. The molecule has 1 aromatic carbocycles. The lowest BCUT2D eigenvalue weighted by atomic mass is 10.1. The highest BCUT2D eigenvalue weighted by Gasteiger charge is 2.33. The number of hydrogen-bond donors (Lipinski definition) is 1. The molecule has 0 bridgehead atoms. The minimum absolute atomic E-state index is 0.0997. The second kappa shape index (κ2) is 4.66. The van der Waals surface area contributed by atoms with Crippen LogP contribution in [-0.2, 0) is 6.18 Å². The van der Waals surface area contributed by atoms with Crippen LogP contribution in [0.25, 0.3) is 0 Å². The van der Waals surface area contributed by atoms with Crippen molar-refractivity contribution in [1.82, 2.24) is 0 Å². The molecule has 1 aliphatic heterocycles. The van der Waals surface area contributed by atoms with E-state index in [1.54, 1.807) is 4.90 Å². The van der Waals surface area contributed by atoms with Crippen LogP contribution in [0.3, 0.4) is 0 Å². The van der Waals surface area contributed by atoms with Gasteiger partial charge in [-0.1, -0.05) is 0 Å². The summed E-state index contributed by atoms with van der Waals surface area (Å²) in [5, 5.41) is 0. The second-order valence-corrected chi connectivity index (χ2v) is 4.44. The van der Waals surface area contributed by atoms with Crippen LogP contribution in [0.4, 0.5) is 28.9 Å². The highest BCUT2D eigenvalue weighted by atomic mass is 19.4. The maximum absolute atomic E-state index is 13.8. The first-order valence-corrected chi connectivity index (χ1v) is 5.81. The summed E-state index contributed by atoms with van der Waals surface area (Å²) >= 11 is 0. The highest BCUT2D eigenvalue weighted by molar-refractivity contribution is 5.69. The maximum Gasteiger partial charge on any atom is 0.416 e. The van der Waals surface area contributed by atoms with Crippen molar-refractivity contribution in [1.29, 1.82) is 0 Å². The number of hydrogen-bond acceptors (Lipinski definition) is 2. The summed E-state index contributed by atoms with van der Waals surface area (Å²) in [7, 11) is 0. The van der Waals surface area contributed by atoms with Gasteiger partial charge in [-0.05, 0) is 31.4 Å². The van der Waals surface area contributed by atoms with Crippen molar-refractivity contribution in [2.24, 2.45) is 0 Å². The fourth-order valence-corrected chi connectivity index (χ4v) is 2.24. The van der Waals surface area contributed by atoms with Gasteiger partial charge in [-0.2, -0.15) is 13.2 Å². The van der Waals surface area contributed by atoms with Crippen LogP contribution in [0.5, 0.6) is 0 Å². The number of nitrogens with zero attached hydrogens (tertiary/aromatic N) is 1. The third-order valence-electron chi connectivity index (χ3n) is 3.09. The number of benzene rings is 1. The molecule has 1 aromatic rings. The van der Waals surface area contributed by atoms with Crippen LogP contribution < -0.4 is 10.6 Å². The molecule has 0 radical (unpaired) electrons. The molecule has 0 aliphatic carbocycles. The summed E-state index contributed by atoms with van der Waals surface area (Å²) in [6.07, 6.45) is -1.71. The van der Waals surface area contributed by atoms with Crippen LogP contribution in [0.15, 0.2) is 12.1 Å². The van der Waals surface area contributed by atoms with Crippen molar-refractivity contribution in [3.63, 3.8) is 0 Å². The van der Waals surface area contributed by atoms with E-state index < -0.39 is 17.6 Å². The average Bonchev–Trinajstić information content (AvgIpc) is 2.28. The molecule has 0 saturated carbocycles. The summed E-state index contributed by atoms with van der Waals surface area (Å²) in [6, 6.07) is 1.31. The molecule has 0 aromatic heterocycles. The number of anilines is 2. The van der Waals surface area contributed by atoms with Crippen LogP contribution in [-0.4, -0.2) is 13.1 Å². The van der Waals surface area contributed by atoms with Crippen LogP contribution in [0.2, 0.25) is 0 Å². The molecule has 2 N–H and O–H groups in total.